The van der Waals surface area contributed by atoms with Gasteiger partial charge in [-0.15, -0.1) is 0 Å². The van der Waals surface area contributed by atoms with Gasteiger partial charge in [0.2, 0.25) is 0 Å². The van der Waals surface area contributed by atoms with Crippen molar-refractivity contribution in [2.45, 2.75) is 13.3 Å². The van der Waals surface area contributed by atoms with Gasteiger partial charge < -0.3 is 10.0 Å². The number of aromatic nitrogens is 1. The van der Waals surface area contributed by atoms with E-state index in [2.05, 4.69) is 79.5 Å². The van der Waals surface area contributed by atoms with Crippen molar-refractivity contribution >= 4 is 5.82 Å². The number of phenols is 1. The average Bonchev–Trinajstić information content (AvgIpc) is 2.78. The Kier molecular flexibility index (Phi) is 5.80. The number of phenolic OH excluding ortho intramolecular Hbond substituents is 1. The fourth-order valence-electron chi connectivity index (χ4n) is 3.60. The van der Waals surface area contributed by atoms with Crippen LogP contribution in [0.1, 0.15) is 11.1 Å². The standard InChI is InChI=1S/C27H26N2O/c1-20-8-6-7-11-25(20)23-18-26(22-12-14-24(30)15-13-22)28-27(19-23)29(2)17-16-21-9-4-3-5-10-21/h3-15,18-19,30H,16-17H2,1-2H3. The minimum Gasteiger partial charge on any atom is -0.508 e. The number of aromatic hydroxyl groups is 1. The number of anilines is 1. The Hall–Kier alpha value is -3.59. The molecule has 3 aromatic carbocycles. The maximum absolute atomic E-state index is 9.66. The van der Waals surface area contributed by atoms with Gasteiger partial charge in [-0.25, -0.2) is 4.98 Å². The molecule has 0 aliphatic heterocycles. The van der Waals surface area contributed by atoms with Gasteiger partial charge in [-0.1, -0.05) is 54.6 Å². The van der Waals surface area contributed by atoms with E-state index < -0.39 is 0 Å². The summed E-state index contributed by atoms with van der Waals surface area (Å²) in [5.41, 5.74) is 6.79. The number of hydrogen-bond donors (Lipinski definition) is 1. The fraction of sp³-hybridized carbons (Fsp3) is 0.148. The van der Waals surface area contributed by atoms with Crippen molar-refractivity contribution in [3.63, 3.8) is 0 Å². The molecule has 4 aromatic rings. The van der Waals surface area contributed by atoms with E-state index in [0.717, 1.165) is 35.6 Å². The van der Waals surface area contributed by atoms with E-state index in [1.54, 1.807) is 12.1 Å². The summed E-state index contributed by atoms with van der Waals surface area (Å²) in [5.74, 6) is 1.20. The Morgan fingerprint density at radius 3 is 2.23 bits per heavy atom. The first kappa shape index (κ1) is 19.7. The lowest BCUT2D eigenvalue weighted by molar-refractivity contribution is 0.475. The van der Waals surface area contributed by atoms with Crippen molar-refractivity contribution in [1.82, 2.24) is 4.98 Å². The van der Waals surface area contributed by atoms with Gasteiger partial charge in [-0.2, -0.15) is 0 Å². The van der Waals surface area contributed by atoms with Crippen LogP contribution in [0.2, 0.25) is 0 Å². The molecule has 0 saturated heterocycles. The van der Waals surface area contributed by atoms with E-state index in [-0.39, 0.29) is 5.75 Å². The van der Waals surface area contributed by atoms with Gasteiger partial charge in [0.1, 0.15) is 11.6 Å². The highest BCUT2D eigenvalue weighted by Crippen LogP contribution is 2.31. The van der Waals surface area contributed by atoms with Crippen molar-refractivity contribution in [1.29, 1.82) is 0 Å². The number of pyridine rings is 1. The molecule has 0 aliphatic carbocycles. The lowest BCUT2D eigenvalue weighted by Crippen LogP contribution is -2.21. The summed E-state index contributed by atoms with van der Waals surface area (Å²) in [6.07, 6.45) is 0.960. The quantitative estimate of drug-likeness (QED) is 0.429. The summed E-state index contributed by atoms with van der Waals surface area (Å²) in [4.78, 5) is 7.15. The van der Waals surface area contributed by atoms with E-state index in [4.69, 9.17) is 4.98 Å². The molecular formula is C27H26N2O. The molecule has 0 atom stereocenters. The molecule has 1 aromatic heterocycles. The largest absolute Gasteiger partial charge is 0.508 e. The van der Waals surface area contributed by atoms with Crippen LogP contribution >= 0.6 is 0 Å². The SMILES string of the molecule is Cc1ccccc1-c1cc(-c2ccc(O)cc2)nc(N(C)CCc2ccccc2)c1. The van der Waals surface area contributed by atoms with Gasteiger partial charge in [0.05, 0.1) is 5.69 Å². The van der Waals surface area contributed by atoms with E-state index in [1.165, 1.54) is 16.7 Å². The second-order valence-electron chi connectivity index (χ2n) is 7.62. The van der Waals surface area contributed by atoms with Crippen molar-refractivity contribution in [2.75, 3.05) is 18.5 Å². The molecule has 30 heavy (non-hydrogen) atoms. The van der Waals surface area contributed by atoms with Crippen LogP contribution in [0.25, 0.3) is 22.4 Å². The third-order valence-electron chi connectivity index (χ3n) is 5.40. The zero-order valence-corrected chi connectivity index (χ0v) is 17.4. The third kappa shape index (κ3) is 4.52. The molecule has 1 heterocycles. The molecule has 3 heteroatoms. The zero-order valence-electron chi connectivity index (χ0n) is 17.4. The van der Waals surface area contributed by atoms with Crippen LogP contribution in [-0.2, 0) is 6.42 Å². The molecule has 3 nitrogen and oxygen atoms in total. The van der Waals surface area contributed by atoms with Gasteiger partial charge in [0.25, 0.3) is 0 Å². The summed E-state index contributed by atoms with van der Waals surface area (Å²) in [5, 5.41) is 9.66. The van der Waals surface area contributed by atoms with Gasteiger partial charge in [-0.3, -0.25) is 0 Å². The molecule has 0 spiro atoms. The van der Waals surface area contributed by atoms with Crippen molar-refractivity contribution in [3.8, 4) is 28.1 Å². The summed E-state index contributed by atoms with van der Waals surface area (Å²) in [6.45, 7) is 3.01. The second-order valence-corrected chi connectivity index (χ2v) is 7.62. The first-order chi connectivity index (χ1) is 14.6. The third-order valence-corrected chi connectivity index (χ3v) is 5.40. The van der Waals surface area contributed by atoms with Gasteiger partial charge in [0.15, 0.2) is 0 Å². The number of hydrogen-bond acceptors (Lipinski definition) is 3. The number of aryl methyl sites for hydroxylation is 1. The molecule has 4 rings (SSSR count). The monoisotopic (exact) mass is 394 g/mol. The van der Waals surface area contributed by atoms with E-state index >= 15 is 0 Å². The van der Waals surface area contributed by atoms with E-state index in [0.29, 0.717) is 0 Å². The predicted molar refractivity (Wildman–Crippen MR) is 125 cm³/mol. The van der Waals surface area contributed by atoms with Crippen LogP contribution in [0.15, 0.2) is 91.0 Å². The zero-order chi connectivity index (χ0) is 20.9. The predicted octanol–water partition coefficient (Wildman–Crippen LogP) is 6.11. The highest BCUT2D eigenvalue weighted by molar-refractivity contribution is 5.76. The Morgan fingerprint density at radius 2 is 1.50 bits per heavy atom. The number of rotatable bonds is 6. The Morgan fingerprint density at radius 1 is 0.800 bits per heavy atom. The van der Waals surface area contributed by atoms with Gasteiger partial charge in [0, 0.05) is 19.2 Å². The Labute approximate surface area is 178 Å². The highest BCUT2D eigenvalue weighted by Gasteiger charge is 2.12. The molecule has 0 unspecified atom stereocenters. The fourth-order valence-corrected chi connectivity index (χ4v) is 3.60. The molecule has 0 aliphatic rings. The number of likely N-dealkylation sites (N-methyl/N-ethyl adjacent to an activating group) is 1. The average molecular weight is 395 g/mol. The Balaban J connectivity index is 1.71. The first-order valence-electron chi connectivity index (χ1n) is 10.2. The van der Waals surface area contributed by atoms with Crippen LogP contribution in [0.4, 0.5) is 5.82 Å². The van der Waals surface area contributed by atoms with Crippen LogP contribution in [0.5, 0.6) is 5.75 Å². The summed E-state index contributed by atoms with van der Waals surface area (Å²) in [7, 11) is 2.09. The summed E-state index contributed by atoms with van der Waals surface area (Å²) >= 11 is 0. The highest BCUT2D eigenvalue weighted by atomic mass is 16.3. The second kappa shape index (κ2) is 8.83. The van der Waals surface area contributed by atoms with Crippen molar-refractivity contribution in [2.24, 2.45) is 0 Å². The topological polar surface area (TPSA) is 36.4 Å². The first-order valence-corrected chi connectivity index (χ1v) is 10.2. The maximum Gasteiger partial charge on any atom is 0.129 e. The molecule has 0 saturated carbocycles. The molecule has 0 fully saturated rings. The summed E-state index contributed by atoms with van der Waals surface area (Å²) < 4.78 is 0. The van der Waals surface area contributed by atoms with Gasteiger partial charge in [-0.05, 0) is 72.0 Å². The van der Waals surface area contributed by atoms with Crippen LogP contribution in [-0.4, -0.2) is 23.7 Å². The number of nitrogens with zero attached hydrogens (tertiary/aromatic N) is 2. The molecule has 0 bridgehead atoms. The number of benzene rings is 3. The minimum atomic E-state index is 0.258. The van der Waals surface area contributed by atoms with Crippen LogP contribution < -0.4 is 4.90 Å². The Bertz CT molecular complexity index is 1120. The van der Waals surface area contributed by atoms with E-state index in [1.807, 2.05) is 18.2 Å². The smallest absolute Gasteiger partial charge is 0.129 e. The normalized spacial score (nSPS) is 10.7. The molecule has 1 N–H and O–H groups in total. The molecule has 0 amide bonds. The lowest BCUT2D eigenvalue weighted by atomic mass is 9.99. The van der Waals surface area contributed by atoms with Crippen LogP contribution in [0.3, 0.4) is 0 Å². The minimum absolute atomic E-state index is 0.258. The molecule has 0 radical (unpaired) electrons. The van der Waals surface area contributed by atoms with E-state index in [9.17, 15) is 5.11 Å². The lowest BCUT2D eigenvalue weighted by Gasteiger charge is -2.21. The maximum atomic E-state index is 9.66. The van der Waals surface area contributed by atoms with Gasteiger partial charge >= 0.3 is 0 Å². The van der Waals surface area contributed by atoms with Crippen molar-refractivity contribution < 1.29 is 5.11 Å². The molecular weight excluding hydrogens is 368 g/mol. The molecule has 150 valence electrons. The van der Waals surface area contributed by atoms with Crippen molar-refractivity contribution in [3.05, 3.63) is 102 Å². The van der Waals surface area contributed by atoms with Crippen LogP contribution in [0, 0.1) is 6.92 Å². The summed E-state index contributed by atoms with van der Waals surface area (Å²) in [6, 6.07) is 30.5.